The van der Waals surface area contributed by atoms with Gasteiger partial charge in [0.05, 0.1) is 11.4 Å². The van der Waals surface area contributed by atoms with Crippen LogP contribution in [-0.2, 0) is 11.8 Å². The van der Waals surface area contributed by atoms with Gasteiger partial charge >= 0.3 is 0 Å². The second kappa shape index (κ2) is 5.49. The number of aryl methyl sites for hydroxylation is 3. The Hall–Kier alpha value is -1.41. The molecule has 2 aromatic heterocycles. The Labute approximate surface area is 113 Å². The van der Waals surface area contributed by atoms with Crippen LogP contribution >= 0.6 is 23.1 Å². The number of nitrogens with one attached hydrogen (secondary N) is 1. The second-order valence-corrected chi connectivity index (χ2v) is 6.12. The third-order valence-corrected chi connectivity index (χ3v) is 4.08. The smallest absolute Gasteiger partial charge is 0.235 e. The van der Waals surface area contributed by atoms with Crippen LogP contribution in [0.5, 0.6) is 0 Å². The number of carbonyl (C=O) groups is 1. The van der Waals surface area contributed by atoms with Crippen molar-refractivity contribution in [3.8, 4) is 0 Å². The molecule has 0 aromatic carbocycles. The molecule has 0 aliphatic heterocycles. The van der Waals surface area contributed by atoms with Crippen molar-refractivity contribution in [2.24, 2.45) is 7.05 Å². The Morgan fingerprint density at radius 2 is 2.28 bits per heavy atom. The SMILES string of the molecule is Cc1cc(NC(=O)CSc2nnc(C)s2)n(C)n1. The molecule has 6 nitrogen and oxygen atoms in total. The predicted molar refractivity (Wildman–Crippen MR) is 71.9 cm³/mol. The number of thioether (sulfide) groups is 1. The molecule has 8 heteroatoms. The topological polar surface area (TPSA) is 72.7 Å². The molecule has 1 N–H and O–H groups in total. The molecule has 2 rings (SSSR count). The molecule has 2 heterocycles. The fourth-order valence-electron chi connectivity index (χ4n) is 1.37. The first-order valence-corrected chi connectivity index (χ1v) is 7.08. The lowest BCUT2D eigenvalue weighted by molar-refractivity contribution is -0.113. The molecular formula is C10H13N5OS2. The maximum Gasteiger partial charge on any atom is 0.235 e. The fraction of sp³-hybridized carbons (Fsp3) is 0.400. The molecule has 18 heavy (non-hydrogen) atoms. The number of carbonyl (C=O) groups excluding carboxylic acids is 1. The van der Waals surface area contributed by atoms with E-state index in [0.29, 0.717) is 11.6 Å². The highest BCUT2D eigenvalue weighted by atomic mass is 32.2. The van der Waals surface area contributed by atoms with E-state index >= 15 is 0 Å². The second-order valence-electron chi connectivity index (χ2n) is 3.72. The Kier molecular flexibility index (Phi) is 3.97. The number of amides is 1. The van der Waals surface area contributed by atoms with Gasteiger partial charge in [-0.3, -0.25) is 9.48 Å². The van der Waals surface area contributed by atoms with E-state index in [9.17, 15) is 4.79 Å². The van der Waals surface area contributed by atoms with Gasteiger partial charge in [-0.2, -0.15) is 5.10 Å². The molecule has 0 bridgehead atoms. The summed E-state index contributed by atoms with van der Waals surface area (Å²) in [5.74, 6) is 0.946. The van der Waals surface area contributed by atoms with Crippen LogP contribution in [0.4, 0.5) is 5.82 Å². The van der Waals surface area contributed by atoms with E-state index in [-0.39, 0.29) is 5.91 Å². The van der Waals surface area contributed by atoms with Crippen molar-refractivity contribution in [2.75, 3.05) is 11.1 Å². The zero-order chi connectivity index (χ0) is 13.1. The van der Waals surface area contributed by atoms with E-state index in [0.717, 1.165) is 15.0 Å². The Morgan fingerprint density at radius 1 is 1.50 bits per heavy atom. The normalized spacial score (nSPS) is 10.6. The van der Waals surface area contributed by atoms with Gasteiger partial charge in [-0.1, -0.05) is 23.1 Å². The molecular weight excluding hydrogens is 270 g/mol. The van der Waals surface area contributed by atoms with Crippen molar-refractivity contribution in [1.82, 2.24) is 20.0 Å². The molecule has 0 saturated carbocycles. The number of hydrogen-bond acceptors (Lipinski definition) is 6. The minimum atomic E-state index is -0.0733. The molecule has 0 aliphatic rings. The minimum Gasteiger partial charge on any atom is -0.310 e. The Bertz CT molecular complexity index is 562. The largest absolute Gasteiger partial charge is 0.310 e. The monoisotopic (exact) mass is 283 g/mol. The van der Waals surface area contributed by atoms with Crippen molar-refractivity contribution in [2.45, 2.75) is 18.2 Å². The minimum absolute atomic E-state index is 0.0733. The molecule has 0 radical (unpaired) electrons. The van der Waals surface area contributed by atoms with Crippen LogP contribution < -0.4 is 5.32 Å². The van der Waals surface area contributed by atoms with Crippen LogP contribution in [0, 0.1) is 13.8 Å². The summed E-state index contributed by atoms with van der Waals surface area (Å²) in [4.78, 5) is 11.7. The van der Waals surface area contributed by atoms with E-state index in [4.69, 9.17) is 0 Å². The highest BCUT2D eigenvalue weighted by Gasteiger charge is 2.09. The van der Waals surface area contributed by atoms with Crippen molar-refractivity contribution in [1.29, 1.82) is 0 Å². The van der Waals surface area contributed by atoms with Gasteiger partial charge in [-0.05, 0) is 13.8 Å². The maximum atomic E-state index is 11.7. The molecule has 96 valence electrons. The van der Waals surface area contributed by atoms with Crippen LogP contribution in [0.25, 0.3) is 0 Å². The summed E-state index contributed by atoms with van der Waals surface area (Å²) in [5.41, 5.74) is 0.875. The average molecular weight is 283 g/mol. The highest BCUT2D eigenvalue weighted by Crippen LogP contribution is 2.21. The molecule has 0 fully saturated rings. The molecule has 0 unspecified atom stereocenters. The lowest BCUT2D eigenvalue weighted by atomic mass is 10.4. The summed E-state index contributed by atoms with van der Waals surface area (Å²) in [6, 6.07) is 1.83. The quantitative estimate of drug-likeness (QED) is 0.863. The summed E-state index contributed by atoms with van der Waals surface area (Å²) in [6.45, 7) is 3.77. The van der Waals surface area contributed by atoms with Crippen LogP contribution in [0.2, 0.25) is 0 Å². The third-order valence-electron chi connectivity index (χ3n) is 2.10. The van der Waals surface area contributed by atoms with Gasteiger partial charge in [0.2, 0.25) is 5.91 Å². The van der Waals surface area contributed by atoms with Gasteiger partial charge in [0, 0.05) is 13.1 Å². The van der Waals surface area contributed by atoms with Crippen molar-refractivity contribution >= 4 is 34.8 Å². The lowest BCUT2D eigenvalue weighted by Crippen LogP contribution is -2.16. The van der Waals surface area contributed by atoms with E-state index in [1.807, 2.05) is 19.9 Å². The first-order valence-electron chi connectivity index (χ1n) is 5.28. The van der Waals surface area contributed by atoms with Crippen LogP contribution in [0.15, 0.2) is 10.4 Å². The fourth-order valence-corrected chi connectivity index (χ4v) is 2.99. The number of nitrogens with zero attached hydrogens (tertiary/aromatic N) is 4. The lowest BCUT2D eigenvalue weighted by Gasteiger charge is -2.03. The number of rotatable bonds is 4. The van der Waals surface area contributed by atoms with Gasteiger partial charge in [0.1, 0.15) is 10.8 Å². The number of aromatic nitrogens is 4. The van der Waals surface area contributed by atoms with Crippen molar-refractivity contribution in [3.63, 3.8) is 0 Å². The predicted octanol–water partition coefficient (Wildman–Crippen LogP) is 1.62. The molecule has 0 saturated heterocycles. The molecule has 1 amide bonds. The van der Waals surface area contributed by atoms with Gasteiger partial charge in [-0.25, -0.2) is 0 Å². The van der Waals surface area contributed by atoms with Crippen molar-refractivity contribution in [3.05, 3.63) is 16.8 Å². The van der Waals surface area contributed by atoms with Crippen LogP contribution in [0.3, 0.4) is 0 Å². The van der Waals surface area contributed by atoms with Crippen molar-refractivity contribution < 1.29 is 4.79 Å². The first-order chi connectivity index (χ1) is 8.54. The standard InChI is InChI=1S/C10H13N5OS2/c1-6-4-8(15(3)14-6)11-9(16)5-17-10-13-12-7(2)18-10/h4H,5H2,1-3H3,(H,11,16). The highest BCUT2D eigenvalue weighted by molar-refractivity contribution is 8.01. The van der Waals surface area contributed by atoms with Gasteiger partial charge in [0.15, 0.2) is 4.34 Å². The molecule has 0 spiro atoms. The van der Waals surface area contributed by atoms with Gasteiger partial charge < -0.3 is 5.32 Å². The van der Waals surface area contributed by atoms with Crippen LogP contribution in [0.1, 0.15) is 10.7 Å². The van der Waals surface area contributed by atoms with E-state index in [1.54, 1.807) is 11.7 Å². The summed E-state index contributed by atoms with van der Waals surface area (Å²) in [7, 11) is 1.80. The van der Waals surface area contributed by atoms with E-state index < -0.39 is 0 Å². The van der Waals surface area contributed by atoms with E-state index in [1.165, 1.54) is 23.1 Å². The molecule has 2 aromatic rings. The van der Waals surface area contributed by atoms with E-state index in [2.05, 4.69) is 20.6 Å². The Balaban J connectivity index is 1.87. The zero-order valence-electron chi connectivity index (χ0n) is 10.3. The average Bonchev–Trinajstić information content (AvgIpc) is 2.83. The first kappa shape index (κ1) is 13.0. The van der Waals surface area contributed by atoms with Gasteiger partial charge in [0.25, 0.3) is 0 Å². The summed E-state index contributed by atoms with van der Waals surface area (Å²) in [6.07, 6.45) is 0. The summed E-state index contributed by atoms with van der Waals surface area (Å²) in [5, 5.41) is 15.7. The third kappa shape index (κ3) is 3.30. The number of anilines is 1. The zero-order valence-corrected chi connectivity index (χ0v) is 11.9. The Morgan fingerprint density at radius 3 is 2.83 bits per heavy atom. The maximum absolute atomic E-state index is 11.7. The van der Waals surface area contributed by atoms with Crippen LogP contribution in [-0.4, -0.2) is 31.6 Å². The van der Waals surface area contributed by atoms with Gasteiger partial charge in [-0.15, -0.1) is 10.2 Å². The molecule has 0 atom stereocenters. The summed E-state index contributed by atoms with van der Waals surface area (Å²) >= 11 is 2.87. The number of hydrogen-bond donors (Lipinski definition) is 1. The molecule has 0 aliphatic carbocycles. The summed E-state index contributed by atoms with van der Waals surface area (Å²) < 4.78 is 2.45.